The van der Waals surface area contributed by atoms with Crippen molar-refractivity contribution in [2.75, 3.05) is 6.61 Å². The number of carbonyl (C=O) groups is 2. The Hall–Kier alpha value is -3.74. The number of amides is 3. The van der Waals surface area contributed by atoms with E-state index in [1.807, 2.05) is 50.2 Å². The maximum absolute atomic E-state index is 13.1. The molecule has 0 bridgehead atoms. The summed E-state index contributed by atoms with van der Waals surface area (Å²) in [5.41, 5.74) is 4.54. The fraction of sp³-hybridized carbons (Fsp3) is 0.200. The number of ether oxygens (including phenoxy) is 2. The van der Waals surface area contributed by atoms with Crippen LogP contribution >= 0.6 is 23.2 Å². The first kappa shape index (κ1) is 27.3. The summed E-state index contributed by atoms with van der Waals surface area (Å²) in [7, 11) is 0. The van der Waals surface area contributed by atoms with E-state index in [9.17, 15) is 9.59 Å². The summed E-state index contributed by atoms with van der Waals surface area (Å²) in [4.78, 5) is 26.9. The van der Waals surface area contributed by atoms with Gasteiger partial charge >= 0.3 is 6.03 Å². The number of nitrogens with zero attached hydrogens (tertiary/aromatic N) is 1. The lowest BCUT2D eigenvalue weighted by atomic mass is 10.0. The highest BCUT2D eigenvalue weighted by molar-refractivity contribution is 6.42. The molecule has 0 aromatic heterocycles. The molecule has 1 fully saturated rings. The molecule has 1 N–H and O–H groups in total. The summed E-state index contributed by atoms with van der Waals surface area (Å²) in [5.74, 6) is 0.702. The van der Waals surface area contributed by atoms with E-state index in [1.54, 1.807) is 30.4 Å². The Morgan fingerprint density at radius 3 is 2.39 bits per heavy atom. The van der Waals surface area contributed by atoms with Crippen LogP contribution in [0.1, 0.15) is 34.7 Å². The lowest BCUT2D eigenvalue weighted by molar-refractivity contribution is -0.123. The second-order valence-corrected chi connectivity index (χ2v) is 9.65. The summed E-state index contributed by atoms with van der Waals surface area (Å²) in [6.07, 6.45) is 3.92. The van der Waals surface area contributed by atoms with Gasteiger partial charge in [0, 0.05) is 5.56 Å². The number of hydrogen-bond donors (Lipinski definition) is 1. The predicted molar refractivity (Wildman–Crippen MR) is 151 cm³/mol. The van der Waals surface area contributed by atoms with Gasteiger partial charge in [0.25, 0.3) is 5.91 Å². The number of allylic oxidation sites excluding steroid dienone is 1. The van der Waals surface area contributed by atoms with Crippen molar-refractivity contribution in [2.45, 2.75) is 33.4 Å². The first-order valence-corrected chi connectivity index (χ1v) is 12.9. The normalized spacial score (nSPS) is 14.1. The van der Waals surface area contributed by atoms with Crippen LogP contribution in [-0.2, 0) is 24.4 Å². The van der Waals surface area contributed by atoms with E-state index >= 15 is 0 Å². The van der Waals surface area contributed by atoms with Crippen molar-refractivity contribution >= 4 is 41.2 Å². The molecule has 3 aromatic rings. The molecule has 8 heteroatoms. The lowest BCUT2D eigenvalue weighted by Crippen LogP contribution is -2.30. The zero-order valence-corrected chi connectivity index (χ0v) is 22.7. The Labute approximate surface area is 232 Å². The highest BCUT2D eigenvalue weighted by Gasteiger charge is 2.33. The highest BCUT2D eigenvalue weighted by atomic mass is 35.5. The minimum Gasteiger partial charge on any atom is -0.490 e. The number of urea groups is 1. The van der Waals surface area contributed by atoms with E-state index in [4.69, 9.17) is 32.7 Å². The van der Waals surface area contributed by atoms with Gasteiger partial charge < -0.3 is 14.8 Å². The number of imide groups is 1. The van der Waals surface area contributed by atoms with Crippen molar-refractivity contribution in [2.24, 2.45) is 0 Å². The van der Waals surface area contributed by atoms with Crippen LogP contribution in [0.3, 0.4) is 0 Å². The Bertz CT molecular complexity index is 1400. The molecule has 3 amide bonds. The monoisotopic (exact) mass is 550 g/mol. The third-order valence-electron chi connectivity index (χ3n) is 5.92. The third-order valence-corrected chi connectivity index (χ3v) is 6.66. The van der Waals surface area contributed by atoms with E-state index in [0.717, 1.165) is 22.3 Å². The standard InChI is InChI=1S/C30H28Cl2N2O4/c1-4-6-23-13-22(15-26-29(35)34(30(36)33-26)17-20-9-7-19(3)8-10-20)16-27(37-5-2)28(23)38-18-21-11-12-24(31)25(32)14-21/h4,7-16H,1,5-6,17-18H2,2-3H3,(H,33,36)/b26-15+. The molecule has 1 heterocycles. The van der Waals surface area contributed by atoms with E-state index in [1.165, 1.54) is 4.90 Å². The maximum atomic E-state index is 13.1. The minimum absolute atomic E-state index is 0.190. The van der Waals surface area contributed by atoms with Crippen molar-refractivity contribution < 1.29 is 19.1 Å². The molecule has 3 aromatic carbocycles. The van der Waals surface area contributed by atoms with Gasteiger partial charge in [-0.15, -0.1) is 6.58 Å². The van der Waals surface area contributed by atoms with Gasteiger partial charge in [-0.3, -0.25) is 9.69 Å². The second kappa shape index (κ2) is 12.2. The van der Waals surface area contributed by atoms with Crippen molar-refractivity contribution in [1.82, 2.24) is 10.2 Å². The molecule has 0 unspecified atom stereocenters. The fourth-order valence-corrected chi connectivity index (χ4v) is 4.36. The predicted octanol–water partition coefficient (Wildman–Crippen LogP) is 7.10. The van der Waals surface area contributed by atoms with E-state index in [2.05, 4.69) is 11.9 Å². The number of halogens is 2. The molecule has 1 aliphatic rings. The van der Waals surface area contributed by atoms with Gasteiger partial charge in [-0.2, -0.15) is 0 Å². The maximum Gasteiger partial charge on any atom is 0.329 e. The number of hydrogen-bond acceptors (Lipinski definition) is 4. The summed E-state index contributed by atoms with van der Waals surface area (Å²) >= 11 is 12.2. The average molecular weight is 551 g/mol. The molecule has 0 radical (unpaired) electrons. The summed E-state index contributed by atoms with van der Waals surface area (Å²) in [6.45, 7) is 8.58. The molecule has 0 spiro atoms. The number of rotatable bonds is 10. The number of aryl methyl sites for hydroxylation is 1. The molecule has 38 heavy (non-hydrogen) atoms. The highest BCUT2D eigenvalue weighted by Crippen LogP contribution is 2.36. The summed E-state index contributed by atoms with van der Waals surface area (Å²) < 4.78 is 12.1. The van der Waals surface area contributed by atoms with Crippen LogP contribution in [0.15, 0.2) is 72.9 Å². The third kappa shape index (κ3) is 6.39. The fourth-order valence-electron chi connectivity index (χ4n) is 4.04. The summed E-state index contributed by atoms with van der Waals surface area (Å²) in [5, 5.41) is 3.61. The van der Waals surface area contributed by atoms with Gasteiger partial charge in [0.2, 0.25) is 0 Å². The van der Waals surface area contributed by atoms with E-state index < -0.39 is 11.9 Å². The van der Waals surface area contributed by atoms with Crippen molar-refractivity contribution in [3.63, 3.8) is 0 Å². The van der Waals surface area contributed by atoms with Crippen LogP contribution in [0.5, 0.6) is 11.5 Å². The first-order valence-electron chi connectivity index (χ1n) is 12.2. The van der Waals surface area contributed by atoms with Crippen LogP contribution < -0.4 is 14.8 Å². The van der Waals surface area contributed by atoms with Crippen LogP contribution in [0.25, 0.3) is 6.08 Å². The Morgan fingerprint density at radius 2 is 1.71 bits per heavy atom. The number of nitrogens with one attached hydrogen (secondary N) is 1. The molecule has 6 nitrogen and oxygen atoms in total. The topological polar surface area (TPSA) is 67.9 Å². The molecule has 0 atom stereocenters. The van der Waals surface area contributed by atoms with Crippen molar-refractivity contribution in [3.05, 3.63) is 111 Å². The molecular weight excluding hydrogens is 523 g/mol. The average Bonchev–Trinajstić information content (AvgIpc) is 3.14. The van der Waals surface area contributed by atoms with Crippen LogP contribution in [0.4, 0.5) is 4.79 Å². The molecular formula is C30H28Cl2N2O4. The van der Waals surface area contributed by atoms with Crippen LogP contribution in [0, 0.1) is 6.92 Å². The van der Waals surface area contributed by atoms with E-state index in [0.29, 0.717) is 40.1 Å². The van der Waals surface area contributed by atoms with Gasteiger partial charge in [-0.05, 0) is 67.3 Å². The van der Waals surface area contributed by atoms with Gasteiger partial charge in [0.1, 0.15) is 12.3 Å². The van der Waals surface area contributed by atoms with Gasteiger partial charge in [0.15, 0.2) is 11.5 Å². The van der Waals surface area contributed by atoms with Crippen molar-refractivity contribution in [3.8, 4) is 11.5 Å². The minimum atomic E-state index is -0.459. The zero-order valence-electron chi connectivity index (χ0n) is 21.2. The first-order chi connectivity index (χ1) is 18.3. The quantitative estimate of drug-likeness (QED) is 0.166. The number of benzene rings is 3. The number of carbonyl (C=O) groups excluding carboxylic acids is 2. The smallest absolute Gasteiger partial charge is 0.329 e. The van der Waals surface area contributed by atoms with Gasteiger partial charge in [0.05, 0.1) is 23.2 Å². The molecule has 196 valence electrons. The Morgan fingerprint density at radius 1 is 0.974 bits per heavy atom. The van der Waals surface area contributed by atoms with E-state index in [-0.39, 0.29) is 18.8 Å². The molecule has 0 aliphatic carbocycles. The molecule has 4 rings (SSSR count). The zero-order chi connectivity index (χ0) is 27.2. The van der Waals surface area contributed by atoms with Gasteiger partial charge in [-0.25, -0.2) is 4.79 Å². The van der Waals surface area contributed by atoms with Crippen LogP contribution in [-0.4, -0.2) is 23.4 Å². The molecule has 1 aliphatic heterocycles. The SMILES string of the molecule is C=CCc1cc(/C=C2/NC(=O)N(Cc3ccc(C)cc3)C2=O)cc(OCC)c1OCc1ccc(Cl)c(Cl)c1. The largest absolute Gasteiger partial charge is 0.490 e. The molecule has 0 saturated carbocycles. The van der Waals surface area contributed by atoms with Crippen LogP contribution in [0.2, 0.25) is 10.0 Å². The lowest BCUT2D eigenvalue weighted by Gasteiger charge is -2.17. The Balaban J connectivity index is 1.61. The summed E-state index contributed by atoms with van der Waals surface area (Å²) in [6, 6.07) is 16.3. The van der Waals surface area contributed by atoms with Gasteiger partial charge in [-0.1, -0.05) is 65.2 Å². The van der Waals surface area contributed by atoms with Crippen molar-refractivity contribution in [1.29, 1.82) is 0 Å². The molecule has 1 saturated heterocycles. The second-order valence-electron chi connectivity index (χ2n) is 8.84. The Kier molecular flexibility index (Phi) is 8.77.